The normalized spacial score (nSPS) is 17.2. The lowest BCUT2D eigenvalue weighted by atomic mass is 10.0. The highest BCUT2D eigenvalue weighted by molar-refractivity contribution is 7.88. The number of hydrogen-bond acceptors (Lipinski definition) is 4. The van der Waals surface area contributed by atoms with Crippen LogP contribution in [0.2, 0.25) is 0 Å². The van der Waals surface area contributed by atoms with E-state index in [1.54, 1.807) is 24.3 Å². The second-order valence-electron chi connectivity index (χ2n) is 5.14. The molecule has 0 atom stereocenters. The molecule has 0 aliphatic carbocycles. The topological polar surface area (TPSA) is 75.6 Å². The van der Waals surface area contributed by atoms with Crippen LogP contribution < -0.4 is 4.72 Å². The highest BCUT2D eigenvalue weighted by Crippen LogP contribution is 2.14. The number of benzene rings is 1. The maximum atomic E-state index is 12.0. The minimum Gasteiger partial charge on any atom is -0.392 e. The third kappa shape index (κ3) is 4.86. The van der Waals surface area contributed by atoms with Crippen LogP contribution in [0.4, 0.5) is 0 Å². The fourth-order valence-electron chi connectivity index (χ4n) is 2.21. The molecule has 0 bridgehead atoms. The van der Waals surface area contributed by atoms with Gasteiger partial charge in [-0.2, -0.15) is 0 Å². The molecule has 1 fully saturated rings. The first kappa shape index (κ1) is 15.4. The lowest BCUT2D eigenvalue weighted by molar-refractivity contribution is 0.0678. The summed E-state index contributed by atoms with van der Waals surface area (Å²) in [6, 6.07) is 6.95. The Morgan fingerprint density at radius 2 is 1.75 bits per heavy atom. The molecule has 2 rings (SSSR count). The van der Waals surface area contributed by atoms with Crippen molar-refractivity contribution >= 4 is 10.0 Å². The maximum absolute atomic E-state index is 12.0. The average molecular weight is 299 g/mol. The van der Waals surface area contributed by atoms with E-state index in [2.05, 4.69) is 4.72 Å². The Kier molecular flexibility index (Phi) is 5.54. The van der Waals surface area contributed by atoms with Crippen molar-refractivity contribution in [2.75, 3.05) is 19.8 Å². The molecule has 20 heavy (non-hydrogen) atoms. The first-order valence-corrected chi connectivity index (χ1v) is 8.48. The largest absolute Gasteiger partial charge is 0.392 e. The van der Waals surface area contributed by atoms with E-state index in [1.807, 2.05) is 0 Å². The van der Waals surface area contributed by atoms with Crippen LogP contribution in [-0.4, -0.2) is 33.3 Å². The van der Waals surface area contributed by atoms with Crippen molar-refractivity contribution in [1.82, 2.24) is 4.72 Å². The molecule has 1 aliphatic rings. The summed E-state index contributed by atoms with van der Waals surface area (Å²) in [5.74, 6) is 0.345. The highest BCUT2D eigenvalue weighted by Gasteiger charge is 2.17. The molecule has 0 unspecified atom stereocenters. The second-order valence-corrected chi connectivity index (χ2v) is 6.94. The molecule has 0 radical (unpaired) electrons. The SMILES string of the molecule is O=S(=O)(Cc1ccc(CO)cc1)NCC1CCOCC1. The summed E-state index contributed by atoms with van der Waals surface area (Å²) in [4.78, 5) is 0. The van der Waals surface area contributed by atoms with Crippen molar-refractivity contribution in [3.8, 4) is 0 Å². The van der Waals surface area contributed by atoms with Gasteiger partial charge in [0.05, 0.1) is 12.4 Å². The molecule has 1 aromatic rings. The van der Waals surface area contributed by atoms with Gasteiger partial charge in [0.1, 0.15) is 0 Å². The van der Waals surface area contributed by atoms with Gasteiger partial charge in [0.15, 0.2) is 0 Å². The first-order chi connectivity index (χ1) is 9.59. The molecule has 1 aliphatic heterocycles. The van der Waals surface area contributed by atoms with Gasteiger partial charge < -0.3 is 9.84 Å². The standard InChI is InChI=1S/C14H21NO4S/c16-10-13-1-3-14(4-2-13)11-20(17,18)15-9-12-5-7-19-8-6-12/h1-4,12,15-16H,5-11H2. The fourth-order valence-corrected chi connectivity index (χ4v) is 3.43. The summed E-state index contributed by atoms with van der Waals surface area (Å²) in [5.41, 5.74) is 1.50. The molecule has 6 heteroatoms. The van der Waals surface area contributed by atoms with Crippen molar-refractivity contribution in [2.45, 2.75) is 25.2 Å². The lowest BCUT2D eigenvalue weighted by Crippen LogP contribution is -2.32. The summed E-state index contributed by atoms with van der Waals surface area (Å²) in [6.07, 6.45) is 1.82. The number of sulfonamides is 1. The third-order valence-corrected chi connectivity index (χ3v) is 4.81. The number of aliphatic hydroxyl groups is 1. The number of hydrogen-bond donors (Lipinski definition) is 2. The minimum absolute atomic E-state index is 0.0259. The number of nitrogens with one attached hydrogen (secondary N) is 1. The van der Waals surface area contributed by atoms with Crippen LogP contribution in [0.1, 0.15) is 24.0 Å². The molecule has 0 saturated carbocycles. The van der Waals surface area contributed by atoms with Gasteiger partial charge in [-0.05, 0) is 29.9 Å². The van der Waals surface area contributed by atoms with E-state index in [4.69, 9.17) is 9.84 Å². The molecule has 0 spiro atoms. The predicted octanol–water partition coefficient (Wildman–Crippen LogP) is 1.02. The summed E-state index contributed by atoms with van der Waals surface area (Å²) in [6.45, 7) is 1.89. The van der Waals surface area contributed by atoms with E-state index in [-0.39, 0.29) is 12.4 Å². The minimum atomic E-state index is -3.31. The van der Waals surface area contributed by atoms with Gasteiger partial charge in [-0.25, -0.2) is 13.1 Å². The Morgan fingerprint density at radius 1 is 1.15 bits per heavy atom. The van der Waals surface area contributed by atoms with E-state index in [9.17, 15) is 8.42 Å². The Hall–Kier alpha value is -0.950. The summed E-state index contributed by atoms with van der Waals surface area (Å²) < 4.78 is 31.9. The van der Waals surface area contributed by atoms with E-state index in [0.29, 0.717) is 12.5 Å². The Morgan fingerprint density at radius 3 is 2.35 bits per heavy atom. The quantitative estimate of drug-likeness (QED) is 0.822. The van der Waals surface area contributed by atoms with Gasteiger partial charge in [0.25, 0.3) is 0 Å². The van der Waals surface area contributed by atoms with Gasteiger partial charge in [-0.1, -0.05) is 24.3 Å². The molecule has 1 saturated heterocycles. The molecule has 112 valence electrons. The van der Waals surface area contributed by atoms with E-state index >= 15 is 0 Å². The molecule has 2 N–H and O–H groups in total. The summed E-state index contributed by atoms with van der Waals surface area (Å²) >= 11 is 0. The van der Waals surface area contributed by atoms with Gasteiger partial charge in [-0.15, -0.1) is 0 Å². The third-order valence-electron chi connectivity index (χ3n) is 3.50. The van der Waals surface area contributed by atoms with E-state index < -0.39 is 10.0 Å². The Bertz CT molecular complexity index is 506. The molecule has 1 aromatic carbocycles. The van der Waals surface area contributed by atoms with Gasteiger partial charge in [0.2, 0.25) is 10.0 Å². The smallest absolute Gasteiger partial charge is 0.215 e. The molecule has 0 aromatic heterocycles. The first-order valence-electron chi connectivity index (χ1n) is 6.83. The van der Waals surface area contributed by atoms with Crippen molar-refractivity contribution in [3.05, 3.63) is 35.4 Å². The maximum Gasteiger partial charge on any atom is 0.215 e. The predicted molar refractivity (Wildman–Crippen MR) is 76.5 cm³/mol. The van der Waals surface area contributed by atoms with Crippen LogP contribution in [0.3, 0.4) is 0 Å². The second kappa shape index (κ2) is 7.17. The summed E-state index contributed by atoms with van der Waals surface area (Å²) in [5, 5.41) is 8.95. The molecular formula is C14H21NO4S. The van der Waals surface area contributed by atoms with Gasteiger partial charge in [-0.3, -0.25) is 0 Å². The van der Waals surface area contributed by atoms with Gasteiger partial charge >= 0.3 is 0 Å². The lowest BCUT2D eigenvalue weighted by Gasteiger charge is -2.22. The number of aliphatic hydroxyl groups excluding tert-OH is 1. The van der Waals surface area contributed by atoms with Crippen molar-refractivity contribution < 1.29 is 18.3 Å². The molecular weight excluding hydrogens is 278 g/mol. The van der Waals surface area contributed by atoms with E-state index in [1.165, 1.54) is 0 Å². The number of ether oxygens (including phenoxy) is 1. The fraction of sp³-hybridized carbons (Fsp3) is 0.571. The van der Waals surface area contributed by atoms with Crippen molar-refractivity contribution in [2.24, 2.45) is 5.92 Å². The Balaban J connectivity index is 1.85. The average Bonchev–Trinajstić information content (AvgIpc) is 2.47. The Labute approximate surface area is 120 Å². The summed E-state index contributed by atoms with van der Waals surface area (Å²) in [7, 11) is -3.31. The zero-order valence-corrected chi connectivity index (χ0v) is 12.2. The van der Waals surface area contributed by atoms with Crippen molar-refractivity contribution in [3.63, 3.8) is 0 Å². The van der Waals surface area contributed by atoms with Gasteiger partial charge in [0, 0.05) is 19.8 Å². The monoisotopic (exact) mass is 299 g/mol. The molecule has 0 amide bonds. The van der Waals surface area contributed by atoms with Crippen LogP contribution in [0, 0.1) is 5.92 Å². The molecule has 1 heterocycles. The highest BCUT2D eigenvalue weighted by atomic mass is 32.2. The van der Waals surface area contributed by atoms with Crippen LogP contribution in [-0.2, 0) is 27.1 Å². The van der Waals surface area contributed by atoms with Crippen LogP contribution >= 0.6 is 0 Å². The van der Waals surface area contributed by atoms with Crippen LogP contribution in [0.5, 0.6) is 0 Å². The van der Waals surface area contributed by atoms with Crippen LogP contribution in [0.15, 0.2) is 24.3 Å². The van der Waals surface area contributed by atoms with Crippen molar-refractivity contribution in [1.29, 1.82) is 0 Å². The molecule has 5 nitrogen and oxygen atoms in total. The zero-order valence-electron chi connectivity index (χ0n) is 11.4. The number of rotatable bonds is 6. The van der Waals surface area contributed by atoms with E-state index in [0.717, 1.165) is 37.2 Å². The van der Waals surface area contributed by atoms with Crippen LogP contribution in [0.25, 0.3) is 0 Å². The zero-order chi connectivity index (χ0) is 14.4.